The Labute approximate surface area is 302 Å². The van der Waals surface area contributed by atoms with Crippen LogP contribution in [-0.4, -0.2) is 48.3 Å². The quantitative estimate of drug-likeness (QED) is 0.0202. The summed E-state index contributed by atoms with van der Waals surface area (Å²) in [6.45, 7) is 1.63. The molecule has 4 aromatic carbocycles. The van der Waals surface area contributed by atoms with E-state index < -0.39 is 47.6 Å². The van der Waals surface area contributed by atoms with Crippen LogP contribution in [0.3, 0.4) is 0 Å². The van der Waals surface area contributed by atoms with Gasteiger partial charge in [-0.25, -0.2) is 22.0 Å². The topological polar surface area (TPSA) is 82.7 Å². The fraction of sp³-hybridized carbons (Fsp3) is 0.152. The largest absolute Gasteiger partial charge is 2.00 e. The van der Waals surface area contributed by atoms with Crippen LogP contribution in [0.2, 0.25) is 0 Å². The molecule has 4 aromatic rings. The molecule has 1 radical (unpaired) electrons. The zero-order valence-electron chi connectivity index (χ0n) is 25.9. The van der Waals surface area contributed by atoms with Gasteiger partial charge in [0.25, 0.3) is 0 Å². The van der Waals surface area contributed by atoms with Crippen LogP contribution in [0.25, 0.3) is 0 Å². The fourth-order valence-electron chi connectivity index (χ4n) is 4.61. The Kier molecular flexibility index (Phi) is 15.2. The first-order valence-corrected chi connectivity index (χ1v) is 17.1. The Hall–Kier alpha value is -3.84. The Balaban J connectivity index is 0.00000650. The second kappa shape index (κ2) is 18.8. The van der Waals surface area contributed by atoms with Gasteiger partial charge in [-0.05, 0) is 53.7 Å². The number of amidine groups is 2. The maximum absolute atomic E-state index is 14.6. The minimum Gasteiger partial charge on any atom is -0.741 e. The van der Waals surface area contributed by atoms with Crippen LogP contribution in [0, 0.1) is 29.1 Å². The van der Waals surface area contributed by atoms with E-state index in [0.717, 1.165) is 15.9 Å². The summed E-state index contributed by atoms with van der Waals surface area (Å²) in [4.78, 5) is 0. The molecule has 0 aliphatic heterocycles. The number of benzene rings is 4. The number of nitrogens with zero attached hydrogens (tertiary/aromatic N) is 4. The van der Waals surface area contributed by atoms with Crippen molar-refractivity contribution in [2.75, 3.05) is 26.5 Å². The van der Waals surface area contributed by atoms with E-state index in [4.69, 9.17) is 30.0 Å². The van der Waals surface area contributed by atoms with Gasteiger partial charge in [-0.3, -0.25) is 0 Å². The van der Waals surface area contributed by atoms with Crippen molar-refractivity contribution in [1.82, 2.24) is 10.6 Å². The third kappa shape index (κ3) is 9.45. The van der Waals surface area contributed by atoms with E-state index in [1.54, 1.807) is 0 Å². The van der Waals surface area contributed by atoms with Crippen molar-refractivity contribution in [3.8, 4) is 0 Å². The summed E-state index contributed by atoms with van der Waals surface area (Å²) in [7, 11) is -0.821. The number of hydrogen-bond donors (Lipinski definition) is 2. The summed E-state index contributed by atoms with van der Waals surface area (Å²) < 4.78 is 77.2. The summed E-state index contributed by atoms with van der Waals surface area (Å²) in [5.74, 6) is -10.9. The molecule has 0 amide bonds. The first kappa shape index (κ1) is 39.6. The minimum atomic E-state index is -2.32. The second-order valence-electron chi connectivity index (χ2n) is 9.92. The van der Waals surface area contributed by atoms with Gasteiger partial charge in [0.1, 0.15) is 28.9 Å². The number of rotatable bonds is 12. The zero-order chi connectivity index (χ0) is 34.7. The van der Waals surface area contributed by atoms with Gasteiger partial charge >= 0.3 is 17.1 Å². The molecule has 4 rings (SSSR count). The Morgan fingerprint density at radius 3 is 1.53 bits per heavy atom. The smallest absolute Gasteiger partial charge is 0.741 e. The van der Waals surface area contributed by atoms with Crippen molar-refractivity contribution < 1.29 is 43.8 Å². The van der Waals surface area contributed by atoms with Crippen molar-refractivity contribution in [3.63, 3.8) is 0 Å². The van der Waals surface area contributed by atoms with Crippen molar-refractivity contribution in [2.24, 2.45) is 20.4 Å². The number of hydrogen-bond acceptors (Lipinski definition) is 7. The maximum Gasteiger partial charge on any atom is 2.00 e. The normalized spacial score (nSPS) is 12.8. The first-order valence-electron chi connectivity index (χ1n) is 14.3. The molecular formula is C33H29CuF5N6OPS2+. The van der Waals surface area contributed by atoms with Gasteiger partial charge in [0, 0.05) is 13.6 Å². The molecule has 0 atom stereocenters. The average Bonchev–Trinajstić information content (AvgIpc) is 3.12. The molecule has 2 N–H and O–H groups in total. The summed E-state index contributed by atoms with van der Waals surface area (Å²) in [5, 5.41) is 23.2. The van der Waals surface area contributed by atoms with Crippen molar-refractivity contribution in [3.05, 3.63) is 126 Å². The molecule has 0 aliphatic carbocycles. The maximum atomic E-state index is 14.6. The van der Waals surface area contributed by atoms with Gasteiger partial charge in [-0.2, -0.15) is 15.3 Å². The molecule has 49 heavy (non-hydrogen) atoms. The molecule has 0 spiro atoms. The molecule has 16 heteroatoms. The number of nitrogens with one attached hydrogen (secondary N) is 2. The van der Waals surface area contributed by atoms with E-state index in [1.807, 2.05) is 54.6 Å². The predicted octanol–water partition coefficient (Wildman–Crippen LogP) is 5.04. The first-order chi connectivity index (χ1) is 23.1. The van der Waals surface area contributed by atoms with Crippen LogP contribution in [0.4, 0.5) is 22.0 Å². The zero-order valence-corrected chi connectivity index (χ0v) is 29.4. The van der Waals surface area contributed by atoms with Crippen LogP contribution >= 0.6 is 7.26 Å². The Morgan fingerprint density at radius 2 is 1.08 bits per heavy atom. The van der Waals surface area contributed by atoms with E-state index >= 15 is 0 Å². The molecule has 0 heterocycles. The van der Waals surface area contributed by atoms with Gasteiger partial charge < -0.3 is 40.6 Å². The molecule has 0 unspecified atom stereocenters. The van der Waals surface area contributed by atoms with Gasteiger partial charge in [0.15, 0.2) is 29.6 Å². The standard InChI is InChI=1S/C33H30F5N6OPS2.Cu/c1-21(31(42-43-32(47)39-2)25-26(34)28(36)30(38)29(37)27(25)35)41-44-33(48)40-18-19-45-20-46(22-12-6-3-7-13-22,23-14-8-4-9-15-23)24-16-10-5-11-17-24;/h3-17H,18-20H2,1-2H3,(H3-,39,40,41,42,43,44,47,48);/q;+2/p-1. The number of halogens is 5. The Bertz CT molecular complexity index is 1710. The molecule has 0 bridgehead atoms. The van der Waals surface area contributed by atoms with Crippen LogP contribution < -0.4 is 26.5 Å². The van der Waals surface area contributed by atoms with Crippen LogP contribution in [0.1, 0.15) is 12.5 Å². The van der Waals surface area contributed by atoms with Crippen molar-refractivity contribution in [2.45, 2.75) is 6.92 Å². The van der Waals surface area contributed by atoms with E-state index in [-0.39, 0.29) is 46.3 Å². The number of ether oxygens (including phenoxy) is 1. The minimum absolute atomic E-state index is 0. The van der Waals surface area contributed by atoms with Crippen molar-refractivity contribution in [1.29, 1.82) is 0 Å². The molecule has 0 aromatic heterocycles. The molecule has 0 aliphatic rings. The van der Waals surface area contributed by atoms with Crippen molar-refractivity contribution >= 4 is 70.2 Å². The summed E-state index contributed by atoms with van der Waals surface area (Å²) in [6.07, 6.45) is 0.396. The molecule has 0 saturated heterocycles. The SMILES string of the molecule is CN/C([S-])=N/N=C(/C(C)=N/N=C(\[S-])NCCOC[P+](c1ccccc1)(c1ccccc1)c1ccccc1)c1c(F)c(F)c(F)c(F)c1F.[Cu+2]. The van der Waals surface area contributed by atoms with Gasteiger partial charge in [0.2, 0.25) is 5.82 Å². The van der Waals surface area contributed by atoms with E-state index in [0.29, 0.717) is 6.35 Å². The molecule has 259 valence electrons. The third-order valence-electron chi connectivity index (χ3n) is 6.93. The van der Waals surface area contributed by atoms with Gasteiger partial charge in [-0.1, -0.05) is 54.6 Å². The molecular weight excluding hydrogens is 750 g/mol. The van der Waals surface area contributed by atoms with Crippen LogP contribution in [0.15, 0.2) is 111 Å². The van der Waals surface area contributed by atoms with E-state index in [9.17, 15) is 22.0 Å². The van der Waals surface area contributed by atoms with Gasteiger partial charge in [-0.15, -0.1) is 5.10 Å². The molecule has 0 saturated carbocycles. The Morgan fingerprint density at radius 1 is 0.653 bits per heavy atom. The monoisotopic (exact) mass is 778 g/mol. The fourth-order valence-corrected chi connectivity index (χ4v) is 8.59. The summed E-state index contributed by atoms with van der Waals surface area (Å²) in [5.41, 5.74) is -2.50. The average molecular weight is 779 g/mol. The molecule has 7 nitrogen and oxygen atoms in total. The van der Waals surface area contributed by atoms with Crippen LogP contribution in [-0.2, 0) is 47.1 Å². The van der Waals surface area contributed by atoms with E-state index in [1.165, 1.54) is 14.0 Å². The van der Waals surface area contributed by atoms with Gasteiger partial charge in [0.05, 0.1) is 17.9 Å². The predicted molar refractivity (Wildman–Crippen MR) is 189 cm³/mol. The second-order valence-corrected chi connectivity index (χ2v) is 14.1. The molecule has 0 fully saturated rings. The van der Waals surface area contributed by atoms with E-state index in [2.05, 4.69) is 67.4 Å². The summed E-state index contributed by atoms with van der Waals surface area (Å²) in [6, 6.07) is 30.6. The third-order valence-corrected chi connectivity index (χ3v) is 11.6. The van der Waals surface area contributed by atoms with Crippen LogP contribution in [0.5, 0.6) is 0 Å². The summed E-state index contributed by atoms with van der Waals surface area (Å²) >= 11 is 10.1.